The minimum atomic E-state index is -0.572. The smallest absolute Gasteiger partial charge is 0.156 e. The van der Waals surface area contributed by atoms with Gasteiger partial charge in [-0.2, -0.15) is 0 Å². The van der Waals surface area contributed by atoms with Gasteiger partial charge in [-0.3, -0.25) is 4.79 Å². The minimum absolute atomic E-state index is 0.0135. The van der Waals surface area contributed by atoms with Crippen molar-refractivity contribution in [3.05, 3.63) is 0 Å². The molecule has 0 unspecified atom stereocenters. The molecule has 0 aromatic carbocycles. The number of carbonyl (C=O) groups is 1. The molecule has 0 bridgehead atoms. The van der Waals surface area contributed by atoms with Crippen LogP contribution in [0.25, 0.3) is 0 Å². The van der Waals surface area contributed by atoms with Crippen LogP contribution < -0.4 is 5.32 Å². The molecule has 2 nitrogen and oxygen atoms in total. The topological polar surface area (TPSA) is 29.1 Å². The molecule has 0 aliphatic carbocycles. The van der Waals surface area contributed by atoms with E-state index in [1.165, 1.54) is 0 Å². The van der Waals surface area contributed by atoms with Crippen LogP contribution in [0.1, 0.15) is 41.0 Å². The standard InChI is InChI=1S/C12H21NO/c1-7-8-12(6,13-10(4)5)11(14)9(2)3/h1,9-10,13H,8H2,2-6H3/t12-/m0/s1. The Morgan fingerprint density at radius 2 is 1.93 bits per heavy atom. The molecule has 0 aromatic heterocycles. The van der Waals surface area contributed by atoms with Crippen LogP contribution in [0.2, 0.25) is 0 Å². The van der Waals surface area contributed by atoms with Gasteiger partial charge in [0.25, 0.3) is 0 Å². The molecular weight excluding hydrogens is 174 g/mol. The first-order valence-corrected chi connectivity index (χ1v) is 5.09. The molecule has 14 heavy (non-hydrogen) atoms. The van der Waals surface area contributed by atoms with Gasteiger partial charge in [-0.15, -0.1) is 12.3 Å². The van der Waals surface area contributed by atoms with Crippen molar-refractivity contribution >= 4 is 5.78 Å². The van der Waals surface area contributed by atoms with Crippen molar-refractivity contribution in [1.29, 1.82) is 0 Å². The lowest BCUT2D eigenvalue weighted by atomic mass is 9.85. The zero-order valence-electron chi connectivity index (χ0n) is 9.85. The summed E-state index contributed by atoms with van der Waals surface area (Å²) in [5, 5.41) is 3.25. The predicted molar refractivity (Wildman–Crippen MR) is 60.0 cm³/mol. The fourth-order valence-corrected chi connectivity index (χ4v) is 1.69. The summed E-state index contributed by atoms with van der Waals surface area (Å²) in [5.41, 5.74) is -0.572. The highest BCUT2D eigenvalue weighted by molar-refractivity contribution is 5.89. The van der Waals surface area contributed by atoms with Gasteiger partial charge in [0.2, 0.25) is 0 Å². The first-order chi connectivity index (χ1) is 6.33. The minimum Gasteiger partial charge on any atom is -0.302 e. The Morgan fingerprint density at radius 3 is 2.21 bits per heavy atom. The number of nitrogens with one attached hydrogen (secondary N) is 1. The summed E-state index contributed by atoms with van der Waals surface area (Å²) in [6.45, 7) is 9.72. The third kappa shape index (κ3) is 3.51. The van der Waals surface area contributed by atoms with Gasteiger partial charge in [-0.25, -0.2) is 0 Å². The van der Waals surface area contributed by atoms with Gasteiger partial charge < -0.3 is 5.32 Å². The Morgan fingerprint density at radius 1 is 1.43 bits per heavy atom. The van der Waals surface area contributed by atoms with Gasteiger partial charge in [-0.05, 0) is 20.8 Å². The molecule has 0 aliphatic heterocycles. The lowest BCUT2D eigenvalue weighted by molar-refractivity contribution is -0.128. The molecule has 0 spiro atoms. The average Bonchev–Trinajstić information content (AvgIpc) is 2.01. The largest absolute Gasteiger partial charge is 0.302 e. The fraction of sp³-hybridized carbons (Fsp3) is 0.750. The molecule has 0 heterocycles. The molecule has 80 valence electrons. The Balaban J connectivity index is 4.72. The number of terminal acetylenes is 1. The molecular formula is C12H21NO. The second-order valence-corrected chi connectivity index (χ2v) is 4.53. The summed E-state index contributed by atoms with van der Waals surface area (Å²) in [7, 11) is 0. The van der Waals surface area contributed by atoms with Gasteiger partial charge in [-0.1, -0.05) is 13.8 Å². The van der Waals surface area contributed by atoms with Crippen LogP contribution in [0.5, 0.6) is 0 Å². The summed E-state index contributed by atoms with van der Waals surface area (Å²) in [6.07, 6.45) is 5.73. The van der Waals surface area contributed by atoms with E-state index in [-0.39, 0.29) is 17.7 Å². The van der Waals surface area contributed by atoms with Crippen molar-refractivity contribution < 1.29 is 4.79 Å². The molecule has 0 saturated carbocycles. The van der Waals surface area contributed by atoms with E-state index in [1.807, 2.05) is 34.6 Å². The SMILES string of the molecule is C#CC[C@](C)(NC(C)C)C(=O)C(C)C. The fourth-order valence-electron chi connectivity index (χ4n) is 1.69. The summed E-state index contributed by atoms with van der Waals surface area (Å²) in [5.74, 6) is 2.76. The van der Waals surface area contributed by atoms with Crippen molar-refractivity contribution in [2.75, 3.05) is 0 Å². The average molecular weight is 195 g/mol. The Hall–Kier alpha value is -0.810. The van der Waals surface area contributed by atoms with E-state index >= 15 is 0 Å². The van der Waals surface area contributed by atoms with E-state index < -0.39 is 5.54 Å². The van der Waals surface area contributed by atoms with Gasteiger partial charge in [0.15, 0.2) is 5.78 Å². The van der Waals surface area contributed by atoms with Crippen LogP contribution in [0.4, 0.5) is 0 Å². The number of hydrogen-bond acceptors (Lipinski definition) is 2. The lowest BCUT2D eigenvalue weighted by Crippen LogP contribution is -2.53. The first-order valence-electron chi connectivity index (χ1n) is 5.09. The van der Waals surface area contributed by atoms with E-state index in [0.717, 1.165) is 0 Å². The van der Waals surface area contributed by atoms with Crippen LogP contribution in [-0.2, 0) is 4.79 Å². The monoisotopic (exact) mass is 195 g/mol. The molecule has 0 radical (unpaired) electrons. The molecule has 0 aliphatic rings. The maximum Gasteiger partial charge on any atom is 0.156 e. The van der Waals surface area contributed by atoms with E-state index in [0.29, 0.717) is 6.42 Å². The third-order valence-electron chi connectivity index (χ3n) is 2.13. The highest BCUT2D eigenvalue weighted by Gasteiger charge is 2.33. The van der Waals surface area contributed by atoms with Crippen molar-refractivity contribution in [3.63, 3.8) is 0 Å². The number of ketones is 1. The van der Waals surface area contributed by atoms with Crippen LogP contribution >= 0.6 is 0 Å². The summed E-state index contributed by atoms with van der Waals surface area (Å²) in [4.78, 5) is 11.9. The van der Waals surface area contributed by atoms with Gasteiger partial charge >= 0.3 is 0 Å². The van der Waals surface area contributed by atoms with E-state index in [1.54, 1.807) is 0 Å². The number of Topliss-reactive ketones (excluding diaryl/α,β-unsaturated/α-hetero) is 1. The van der Waals surface area contributed by atoms with Crippen LogP contribution in [0, 0.1) is 18.3 Å². The van der Waals surface area contributed by atoms with Gasteiger partial charge in [0, 0.05) is 18.4 Å². The van der Waals surface area contributed by atoms with Crippen LogP contribution in [0.3, 0.4) is 0 Å². The van der Waals surface area contributed by atoms with Crippen molar-refractivity contribution in [1.82, 2.24) is 5.32 Å². The summed E-state index contributed by atoms with van der Waals surface area (Å²) >= 11 is 0. The van der Waals surface area contributed by atoms with Crippen molar-refractivity contribution in [3.8, 4) is 12.3 Å². The maximum atomic E-state index is 11.9. The lowest BCUT2D eigenvalue weighted by Gasteiger charge is -2.31. The molecule has 0 saturated heterocycles. The summed E-state index contributed by atoms with van der Waals surface area (Å²) in [6, 6.07) is 0.260. The zero-order valence-corrected chi connectivity index (χ0v) is 9.85. The summed E-state index contributed by atoms with van der Waals surface area (Å²) < 4.78 is 0. The molecule has 1 N–H and O–H groups in total. The Labute approximate surface area is 87.5 Å². The Kier molecular flexibility index (Phi) is 4.87. The van der Waals surface area contributed by atoms with E-state index in [4.69, 9.17) is 6.42 Å². The number of carbonyl (C=O) groups excluding carboxylic acids is 1. The van der Waals surface area contributed by atoms with Crippen LogP contribution in [-0.4, -0.2) is 17.4 Å². The zero-order chi connectivity index (χ0) is 11.4. The molecule has 0 fully saturated rings. The molecule has 0 amide bonds. The number of hydrogen-bond donors (Lipinski definition) is 1. The predicted octanol–water partition coefficient (Wildman–Crippen LogP) is 1.99. The second-order valence-electron chi connectivity index (χ2n) is 4.53. The van der Waals surface area contributed by atoms with Gasteiger partial charge in [0.05, 0.1) is 5.54 Å². The molecule has 2 heteroatoms. The van der Waals surface area contributed by atoms with Crippen molar-refractivity contribution in [2.45, 2.75) is 52.6 Å². The quantitative estimate of drug-likeness (QED) is 0.680. The number of rotatable bonds is 5. The Bertz CT molecular complexity index is 237. The van der Waals surface area contributed by atoms with E-state index in [9.17, 15) is 4.79 Å². The molecule has 0 aromatic rings. The molecule has 0 rings (SSSR count). The maximum absolute atomic E-state index is 11.9. The normalized spacial score (nSPS) is 15.3. The first kappa shape index (κ1) is 13.2. The molecule has 1 atom stereocenters. The highest BCUT2D eigenvalue weighted by Crippen LogP contribution is 2.16. The van der Waals surface area contributed by atoms with Crippen molar-refractivity contribution in [2.24, 2.45) is 5.92 Å². The third-order valence-corrected chi connectivity index (χ3v) is 2.13. The van der Waals surface area contributed by atoms with E-state index in [2.05, 4.69) is 11.2 Å². The van der Waals surface area contributed by atoms with Crippen LogP contribution in [0.15, 0.2) is 0 Å². The van der Waals surface area contributed by atoms with Gasteiger partial charge in [0.1, 0.15) is 0 Å². The second kappa shape index (κ2) is 5.17. The highest BCUT2D eigenvalue weighted by atomic mass is 16.1.